The molecule has 0 aliphatic heterocycles. The average molecular weight is 441 g/mol. The summed E-state index contributed by atoms with van der Waals surface area (Å²) in [4.78, 5) is 13.4. The second-order valence-electron chi connectivity index (χ2n) is 8.66. The highest BCUT2D eigenvalue weighted by Crippen LogP contribution is 2.35. The Labute approximate surface area is 178 Å². The molecule has 2 heterocycles. The maximum atomic E-state index is 13.5. The van der Waals surface area contributed by atoms with Gasteiger partial charge in [-0.2, -0.15) is 20.1 Å². The van der Waals surface area contributed by atoms with Crippen molar-refractivity contribution in [1.29, 1.82) is 0 Å². The van der Waals surface area contributed by atoms with E-state index in [0.29, 0.717) is 31.5 Å². The molecule has 0 aromatic carbocycles. The molecule has 2 saturated carbocycles. The molecule has 0 amide bonds. The van der Waals surface area contributed by atoms with Crippen LogP contribution < -0.4 is 10.6 Å². The molecule has 31 heavy (non-hydrogen) atoms. The first-order chi connectivity index (χ1) is 14.6. The van der Waals surface area contributed by atoms with E-state index >= 15 is 0 Å². The van der Waals surface area contributed by atoms with E-state index < -0.39 is 11.8 Å². The molecule has 11 heteroatoms. The first-order valence-electron chi connectivity index (χ1n) is 10.6. The summed E-state index contributed by atoms with van der Waals surface area (Å²) in [6.07, 6.45) is 2.37. The van der Waals surface area contributed by atoms with Crippen LogP contribution in [0.1, 0.15) is 57.1 Å². The quantitative estimate of drug-likeness (QED) is 0.662. The number of halogens is 4. The maximum absolute atomic E-state index is 13.5. The minimum absolute atomic E-state index is 0.161. The molecule has 0 unspecified atom stereocenters. The molecule has 0 bridgehead atoms. The molecule has 0 radical (unpaired) electrons. The molecule has 2 N–H and O–H groups in total. The summed E-state index contributed by atoms with van der Waals surface area (Å²) >= 11 is 0. The van der Waals surface area contributed by atoms with Gasteiger partial charge in [0.1, 0.15) is 0 Å². The van der Waals surface area contributed by atoms with Crippen LogP contribution in [-0.4, -0.2) is 48.7 Å². The van der Waals surface area contributed by atoms with Gasteiger partial charge in [-0.1, -0.05) is 0 Å². The van der Waals surface area contributed by atoms with E-state index in [0.717, 1.165) is 11.3 Å². The minimum atomic E-state index is -2.62. The first kappa shape index (κ1) is 21.8. The monoisotopic (exact) mass is 441 g/mol. The summed E-state index contributed by atoms with van der Waals surface area (Å²) in [6, 6.07) is -0.322. The molecule has 4 rings (SSSR count). The van der Waals surface area contributed by atoms with Crippen LogP contribution in [0.2, 0.25) is 0 Å². The second-order valence-corrected chi connectivity index (χ2v) is 8.66. The van der Waals surface area contributed by atoms with Crippen molar-refractivity contribution >= 4 is 11.9 Å². The number of aryl methyl sites for hydroxylation is 2. The third-order valence-electron chi connectivity index (χ3n) is 5.99. The molecule has 0 spiro atoms. The number of nitrogens with zero attached hydrogens (tertiary/aromatic N) is 5. The standard InChI is InChI=1S/C20H27F4N7/c1-12-15(11-31(2)30-12)16-27-17(25-13-3-7-19(21,22)8-4-13)29-18(28-16)26-14-5-9-20(23,24)10-6-14/h11,13-14H,3-10H2,1-2H3,(H2,25,26,27,28,29). The third kappa shape index (κ3) is 5.43. The normalized spacial score (nSPS) is 21.7. The maximum Gasteiger partial charge on any atom is 0.248 e. The highest BCUT2D eigenvalue weighted by atomic mass is 19.3. The lowest BCUT2D eigenvalue weighted by Gasteiger charge is -2.30. The molecule has 0 atom stereocenters. The van der Waals surface area contributed by atoms with Crippen LogP contribution >= 0.6 is 0 Å². The van der Waals surface area contributed by atoms with Crippen molar-refractivity contribution in [2.75, 3.05) is 10.6 Å². The van der Waals surface area contributed by atoms with Crippen molar-refractivity contribution < 1.29 is 17.6 Å². The summed E-state index contributed by atoms with van der Waals surface area (Å²) < 4.78 is 55.6. The Bertz CT molecular complexity index is 862. The predicted molar refractivity (Wildman–Crippen MR) is 108 cm³/mol. The zero-order valence-electron chi connectivity index (χ0n) is 17.6. The van der Waals surface area contributed by atoms with Crippen molar-refractivity contribution in [2.24, 2.45) is 7.05 Å². The SMILES string of the molecule is Cc1nn(C)cc1-c1nc(NC2CCC(F)(F)CC2)nc(NC2CCC(F)(F)CC2)n1. The fraction of sp³-hybridized carbons (Fsp3) is 0.700. The summed E-state index contributed by atoms with van der Waals surface area (Å²) in [5.74, 6) is -4.28. The minimum Gasteiger partial charge on any atom is -0.351 e. The van der Waals surface area contributed by atoms with Crippen LogP contribution in [0.5, 0.6) is 0 Å². The number of hydrogen-bond donors (Lipinski definition) is 2. The average Bonchev–Trinajstić information content (AvgIpc) is 3.03. The van der Waals surface area contributed by atoms with Crippen LogP contribution in [0, 0.1) is 6.92 Å². The Morgan fingerprint density at radius 2 is 1.29 bits per heavy atom. The van der Waals surface area contributed by atoms with E-state index in [9.17, 15) is 17.6 Å². The van der Waals surface area contributed by atoms with Crippen LogP contribution in [0.3, 0.4) is 0 Å². The molecule has 2 aliphatic rings. The molecule has 170 valence electrons. The van der Waals surface area contributed by atoms with Gasteiger partial charge in [0, 0.05) is 51.0 Å². The van der Waals surface area contributed by atoms with E-state index in [-0.39, 0.29) is 49.7 Å². The van der Waals surface area contributed by atoms with Crippen molar-refractivity contribution in [3.63, 3.8) is 0 Å². The molecule has 2 aromatic heterocycles. The molecule has 2 aromatic rings. The Balaban J connectivity index is 1.56. The fourth-order valence-corrected chi connectivity index (χ4v) is 4.18. The van der Waals surface area contributed by atoms with Gasteiger partial charge < -0.3 is 10.6 Å². The van der Waals surface area contributed by atoms with Crippen LogP contribution in [-0.2, 0) is 7.05 Å². The van der Waals surface area contributed by atoms with Crippen LogP contribution in [0.15, 0.2) is 6.20 Å². The number of aromatic nitrogens is 5. The predicted octanol–water partition coefficient (Wildman–Crippen LogP) is 4.56. The number of alkyl halides is 4. The summed E-state index contributed by atoms with van der Waals surface area (Å²) in [7, 11) is 1.79. The van der Waals surface area contributed by atoms with Gasteiger partial charge in [-0.25, -0.2) is 17.6 Å². The highest BCUT2D eigenvalue weighted by Gasteiger charge is 2.36. The Hall–Kier alpha value is -2.46. The zero-order chi connectivity index (χ0) is 22.2. The lowest BCUT2D eigenvalue weighted by atomic mass is 9.92. The van der Waals surface area contributed by atoms with Gasteiger partial charge in [0.05, 0.1) is 11.3 Å². The Kier molecular flexibility index (Phi) is 5.78. The molecule has 2 fully saturated rings. The van der Waals surface area contributed by atoms with Crippen molar-refractivity contribution in [3.05, 3.63) is 11.9 Å². The van der Waals surface area contributed by atoms with Crippen molar-refractivity contribution in [1.82, 2.24) is 24.7 Å². The van der Waals surface area contributed by atoms with Crippen molar-refractivity contribution in [2.45, 2.75) is 82.2 Å². The van der Waals surface area contributed by atoms with Gasteiger partial charge in [0.25, 0.3) is 0 Å². The molecular formula is C20H27F4N7. The fourth-order valence-electron chi connectivity index (χ4n) is 4.18. The topological polar surface area (TPSA) is 80.5 Å². The molecule has 0 saturated heterocycles. The Morgan fingerprint density at radius 1 is 0.839 bits per heavy atom. The summed E-state index contributed by atoms with van der Waals surface area (Å²) in [6.45, 7) is 1.84. The smallest absolute Gasteiger partial charge is 0.248 e. The first-order valence-corrected chi connectivity index (χ1v) is 10.6. The second kappa shape index (κ2) is 8.23. The summed E-state index contributed by atoms with van der Waals surface area (Å²) in [5.41, 5.74) is 1.46. The molecule has 7 nitrogen and oxygen atoms in total. The van der Waals surface area contributed by atoms with E-state index in [1.807, 2.05) is 6.92 Å². The van der Waals surface area contributed by atoms with Crippen molar-refractivity contribution in [3.8, 4) is 11.4 Å². The number of nitrogens with one attached hydrogen (secondary N) is 2. The molecule has 2 aliphatic carbocycles. The number of hydrogen-bond acceptors (Lipinski definition) is 6. The highest BCUT2D eigenvalue weighted by molar-refractivity contribution is 5.59. The third-order valence-corrected chi connectivity index (χ3v) is 5.99. The van der Waals surface area contributed by atoms with Crippen LogP contribution in [0.4, 0.5) is 29.5 Å². The van der Waals surface area contributed by atoms with Crippen LogP contribution in [0.25, 0.3) is 11.4 Å². The van der Waals surface area contributed by atoms with Gasteiger partial charge in [0.15, 0.2) is 5.82 Å². The van der Waals surface area contributed by atoms with E-state index in [4.69, 9.17) is 0 Å². The van der Waals surface area contributed by atoms with Gasteiger partial charge >= 0.3 is 0 Å². The zero-order valence-corrected chi connectivity index (χ0v) is 17.6. The number of anilines is 2. The van der Waals surface area contributed by atoms with E-state index in [2.05, 4.69) is 30.7 Å². The lowest BCUT2D eigenvalue weighted by molar-refractivity contribution is -0.0366. The van der Waals surface area contributed by atoms with Gasteiger partial charge in [0.2, 0.25) is 23.7 Å². The van der Waals surface area contributed by atoms with Gasteiger partial charge in [-0.3, -0.25) is 4.68 Å². The van der Waals surface area contributed by atoms with Gasteiger partial charge in [-0.05, 0) is 32.6 Å². The lowest BCUT2D eigenvalue weighted by Crippen LogP contribution is -2.33. The largest absolute Gasteiger partial charge is 0.351 e. The van der Waals surface area contributed by atoms with Gasteiger partial charge in [-0.15, -0.1) is 0 Å². The summed E-state index contributed by atoms with van der Waals surface area (Å²) in [5, 5.41) is 10.6. The van der Waals surface area contributed by atoms with E-state index in [1.165, 1.54) is 0 Å². The Morgan fingerprint density at radius 3 is 1.68 bits per heavy atom. The number of rotatable bonds is 5. The van der Waals surface area contributed by atoms with E-state index in [1.54, 1.807) is 17.9 Å². The molecular weight excluding hydrogens is 414 g/mol.